The predicted molar refractivity (Wildman–Crippen MR) is 121 cm³/mol. The average molecular weight is 478 g/mol. The van der Waals surface area contributed by atoms with Crippen molar-refractivity contribution >= 4 is 17.7 Å². The van der Waals surface area contributed by atoms with Gasteiger partial charge in [-0.1, -0.05) is 17.7 Å². The van der Waals surface area contributed by atoms with E-state index in [1.807, 2.05) is 19.1 Å². The van der Waals surface area contributed by atoms with Gasteiger partial charge >= 0.3 is 0 Å². The van der Waals surface area contributed by atoms with Gasteiger partial charge in [-0.05, 0) is 50.7 Å². The van der Waals surface area contributed by atoms with Gasteiger partial charge in [0.25, 0.3) is 5.91 Å². The normalized spacial score (nSPS) is 27.0. The van der Waals surface area contributed by atoms with Gasteiger partial charge in [-0.2, -0.15) is 0 Å². The number of benzene rings is 1. The molecule has 4 aliphatic rings. The Morgan fingerprint density at radius 2 is 1.85 bits per heavy atom. The number of nitrogens with zero attached hydrogens (tertiary/aromatic N) is 1. The van der Waals surface area contributed by atoms with Gasteiger partial charge in [0.2, 0.25) is 17.7 Å². The van der Waals surface area contributed by atoms with Crippen LogP contribution in [-0.4, -0.2) is 59.9 Å². The maximum atomic E-state index is 12.9. The Bertz CT molecular complexity index is 923. The number of nitrogens with one attached hydrogen (secondary N) is 2. The van der Waals surface area contributed by atoms with Crippen LogP contribution < -0.4 is 10.6 Å². The standard InChI is InChI=1S/C14H14N2O3.C11H19F2NO/c1-8-2-3-10-9(6-8)7-16(14(10)19)11-4-5-12(17)15-13(11)18;12-11(13)5-3-9(4-6-11)14-10-2-1-7-15-8-10/h2-3,6,11H,4-5,7H2,1H3,(H,15,17,18);9-10,14H,1-8H2. The smallest absolute Gasteiger partial charge is 0.255 e. The highest BCUT2D eigenvalue weighted by Crippen LogP contribution is 2.33. The molecule has 1 saturated carbocycles. The largest absolute Gasteiger partial charge is 0.380 e. The molecule has 2 unspecified atom stereocenters. The minimum absolute atomic E-state index is 0.0399. The van der Waals surface area contributed by atoms with Gasteiger partial charge in [0.05, 0.1) is 6.61 Å². The van der Waals surface area contributed by atoms with Gasteiger partial charge in [0, 0.05) is 50.1 Å². The van der Waals surface area contributed by atoms with E-state index in [0.717, 1.165) is 37.2 Å². The number of fused-ring (bicyclic) bond motifs is 1. The summed E-state index contributed by atoms with van der Waals surface area (Å²) in [6, 6.07) is 5.80. The van der Waals surface area contributed by atoms with E-state index in [4.69, 9.17) is 4.74 Å². The number of carbonyl (C=O) groups is 3. The molecule has 5 rings (SSSR count). The van der Waals surface area contributed by atoms with E-state index < -0.39 is 12.0 Å². The second-order valence-corrected chi connectivity index (χ2v) is 9.77. The minimum atomic E-state index is -2.42. The Labute approximate surface area is 198 Å². The third-order valence-corrected chi connectivity index (χ3v) is 7.03. The number of ether oxygens (including phenoxy) is 1. The number of rotatable bonds is 3. The molecule has 7 nitrogen and oxygen atoms in total. The van der Waals surface area contributed by atoms with Crippen LogP contribution in [0.3, 0.4) is 0 Å². The number of hydrogen-bond acceptors (Lipinski definition) is 5. The highest BCUT2D eigenvalue weighted by Gasteiger charge is 2.39. The topological polar surface area (TPSA) is 87.7 Å². The SMILES string of the molecule is Cc1ccc2c(c1)CN(C1CCC(=O)NC1=O)C2=O.FC1(F)CCC(NC2CCCOC2)CC1. The van der Waals surface area contributed by atoms with E-state index in [1.54, 1.807) is 11.0 Å². The molecule has 3 fully saturated rings. The van der Waals surface area contributed by atoms with Crippen molar-refractivity contribution in [3.8, 4) is 0 Å². The van der Waals surface area contributed by atoms with Crippen molar-refractivity contribution in [1.82, 2.24) is 15.5 Å². The number of halogens is 2. The van der Waals surface area contributed by atoms with Crippen LogP contribution >= 0.6 is 0 Å². The quantitative estimate of drug-likeness (QED) is 0.654. The van der Waals surface area contributed by atoms with Crippen molar-refractivity contribution in [2.75, 3.05) is 13.2 Å². The summed E-state index contributed by atoms with van der Waals surface area (Å²) < 4.78 is 31.2. The van der Waals surface area contributed by atoms with Crippen molar-refractivity contribution in [3.05, 3.63) is 34.9 Å². The zero-order chi connectivity index (χ0) is 24.3. The minimum Gasteiger partial charge on any atom is -0.380 e. The lowest BCUT2D eigenvalue weighted by Crippen LogP contribution is -2.52. The molecule has 34 heavy (non-hydrogen) atoms. The molecule has 2 atom stereocenters. The van der Waals surface area contributed by atoms with E-state index in [1.165, 1.54) is 0 Å². The van der Waals surface area contributed by atoms with Crippen LogP contribution in [-0.2, 0) is 20.9 Å². The molecule has 186 valence electrons. The summed E-state index contributed by atoms with van der Waals surface area (Å²) in [6.07, 6.45) is 4.18. The van der Waals surface area contributed by atoms with Crippen molar-refractivity contribution in [2.45, 2.75) is 88.9 Å². The summed E-state index contributed by atoms with van der Waals surface area (Å²) in [4.78, 5) is 36.8. The van der Waals surface area contributed by atoms with Gasteiger partial charge in [0.1, 0.15) is 6.04 Å². The van der Waals surface area contributed by atoms with Gasteiger partial charge < -0.3 is 15.0 Å². The maximum absolute atomic E-state index is 12.9. The highest BCUT2D eigenvalue weighted by molar-refractivity contribution is 6.05. The summed E-state index contributed by atoms with van der Waals surface area (Å²) in [7, 11) is 0. The van der Waals surface area contributed by atoms with Crippen molar-refractivity contribution in [1.29, 1.82) is 0 Å². The number of hydrogen-bond donors (Lipinski definition) is 2. The summed E-state index contributed by atoms with van der Waals surface area (Å²) in [5, 5.41) is 5.73. The zero-order valence-corrected chi connectivity index (χ0v) is 19.6. The molecular weight excluding hydrogens is 444 g/mol. The first-order valence-corrected chi connectivity index (χ1v) is 12.2. The Balaban J connectivity index is 0.000000166. The summed E-state index contributed by atoms with van der Waals surface area (Å²) in [5.41, 5.74) is 2.71. The number of carbonyl (C=O) groups excluding carboxylic acids is 3. The van der Waals surface area contributed by atoms with Crippen LogP contribution in [0.15, 0.2) is 18.2 Å². The summed E-state index contributed by atoms with van der Waals surface area (Å²) >= 11 is 0. The van der Waals surface area contributed by atoms with E-state index in [0.29, 0.717) is 37.4 Å². The second kappa shape index (κ2) is 10.5. The fourth-order valence-electron chi connectivity index (χ4n) is 5.12. The van der Waals surface area contributed by atoms with Gasteiger partial charge in [-0.15, -0.1) is 0 Å². The second-order valence-electron chi connectivity index (χ2n) is 9.77. The lowest BCUT2D eigenvalue weighted by Gasteiger charge is -2.33. The van der Waals surface area contributed by atoms with E-state index in [9.17, 15) is 23.2 Å². The molecule has 1 aliphatic carbocycles. The fourth-order valence-corrected chi connectivity index (χ4v) is 5.12. The first-order valence-electron chi connectivity index (χ1n) is 12.2. The van der Waals surface area contributed by atoms with Gasteiger partial charge in [-0.3, -0.25) is 19.7 Å². The van der Waals surface area contributed by atoms with Crippen LogP contribution in [0.2, 0.25) is 0 Å². The third kappa shape index (κ3) is 5.99. The Hall–Kier alpha value is -2.39. The highest BCUT2D eigenvalue weighted by atomic mass is 19.3. The Kier molecular flexibility index (Phi) is 7.62. The molecule has 3 amide bonds. The molecule has 1 aromatic carbocycles. The molecule has 2 N–H and O–H groups in total. The number of piperidine rings is 1. The molecular formula is C25H33F2N3O4. The van der Waals surface area contributed by atoms with Crippen molar-refractivity contribution in [2.24, 2.45) is 0 Å². The summed E-state index contributed by atoms with van der Waals surface area (Å²) in [6.45, 7) is 4.01. The van der Waals surface area contributed by atoms with Crippen LogP contribution in [0.25, 0.3) is 0 Å². The lowest BCUT2D eigenvalue weighted by atomic mass is 9.91. The zero-order valence-electron chi connectivity index (χ0n) is 19.6. The first kappa shape index (κ1) is 24.7. The predicted octanol–water partition coefficient (Wildman–Crippen LogP) is 3.09. The maximum Gasteiger partial charge on any atom is 0.255 e. The summed E-state index contributed by atoms with van der Waals surface area (Å²) in [5.74, 6) is -3.17. The van der Waals surface area contributed by atoms with Crippen LogP contribution in [0.1, 0.15) is 72.9 Å². The fraction of sp³-hybridized carbons (Fsp3) is 0.640. The molecule has 0 spiro atoms. The Morgan fingerprint density at radius 1 is 1.09 bits per heavy atom. The van der Waals surface area contributed by atoms with Gasteiger partial charge in [-0.25, -0.2) is 8.78 Å². The number of alkyl halides is 2. The average Bonchev–Trinajstić information content (AvgIpc) is 3.12. The molecule has 2 saturated heterocycles. The van der Waals surface area contributed by atoms with Crippen molar-refractivity contribution in [3.63, 3.8) is 0 Å². The third-order valence-electron chi connectivity index (χ3n) is 7.03. The first-order chi connectivity index (χ1) is 16.2. The number of amides is 3. The molecule has 0 aromatic heterocycles. The van der Waals surface area contributed by atoms with E-state index >= 15 is 0 Å². The molecule has 0 bridgehead atoms. The van der Waals surface area contributed by atoms with E-state index in [2.05, 4.69) is 10.6 Å². The molecule has 3 heterocycles. The molecule has 0 radical (unpaired) electrons. The lowest BCUT2D eigenvalue weighted by molar-refractivity contribution is -0.136. The molecule has 3 aliphatic heterocycles. The monoisotopic (exact) mass is 477 g/mol. The van der Waals surface area contributed by atoms with Crippen LogP contribution in [0, 0.1) is 6.92 Å². The van der Waals surface area contributed by atoms with Crippen LogP contribution in [0.4, 0.5) is 8.78 Å². The van der Waals surface area contributed by atoms with E-state index in [-0.39, 0.29) is 43.0 Å². The van der Waals surface area contributed by atoms with Gasteiger partial charge in [0.15, 0.2) is 0 Å². The van der Waals surface area contributed by atoms with Crippen molar-refractivity contribution < 1.29 is 27.9 Å². The molecule has 1 aromatic rings. The van der Waals surface area contributed by atoms with Crippen LogP contribution in [0.5, 0.6) is 0 Å². The molecule has 9 heteroatoms. The number of aryl methyl sites for hydroxylation is 1. The number of imide groups is 1. The Morgan fingerprint density at radius 3 is 2.53 bits per heavy atom.